The van der Waals surface area contributed by atoms with E-state index in [4.69, 9.17) is 6.92 Å². The van der Waals surface area contributed by atoms with Gasteiger partial charge in [0.15, 0.2) is 0 Å². The number of rotatable bonds is 4. The molecule has 0 aromatic heterocycles. The molecule has 0 aliphatic heterocycles. The second kappa shape index (κ2) is 17.8. The summed E-state index contributed by atoms with van der Waals surface area (Å²) in [7, 11) is 0. The van der Waals surface area contributed by atoms with Gasteiger partial charge in [0.05, 0.1) is 0 Å². The van der Waals surface area contributed by atoms with Crippen LogP contribution in [0.25, 0.3) is 0 Å². The summed E-state index contributed by atoms with van der Waals surface area (Å²) in [6, 6.07) is 0. The molecule has 0 unspecified atom stereocenters. The van der Waals surface area contributed by atoms with Crippen LogP contribution in [0.1, 0.15) is 82.6 Å². The molecule has 2 fully saturated rings. The first kappa shape index (κ1) is 34.9. The first-order valence-electron chi connectivity index (χ1n) is 9.85. The molecule has 2 saturated carbocycles. The topological polar surface area (TPSA) is 0 Å². The van der Waals surface area contributed by atoms with Gasteiger partial charge >= 0.3 is 39.0 Å². The molecule has 2 rings (SSSR count). The Morgan fingerprint density at radius 1 is 0.586 bits per heavy atom. The summed E-state index contributed by atoms with van der Waals surface area (Å²) in [6.07, 6.45) is 8.95. The van der Waals surface area contributed by atoms with E-state index in [-0.39, 0.29) is 39.0 Å². The summed E-state index contributed by atoms with van der Waals surface area (Å²) >= 11 is 0. The molecule has 0 amide bonds. The maximum Gasteiger partial charge on any atom is 3.00 e. The summed E-state index contributed by atoms with van der Waals surface area (Å²) in [5.41, 5.74) is 0. The molecule has 16 radical (unpaired) electrons. The van der Waals surface area contributed by atoms with Gasteiger partial charge in [-0.05, 0) is 59.2 Å². The van der Waals surface area contributed by atoms with Gasteiger partial charge in [-0.2, -0.15) is 0 Å². The van der Waals surface area contributed by atoms with E-state index in [1.807, 2.05) is 6.92 Å². The zero-order valence-corrected chi connectivity index (χ0v) is 23.7. The fraction of sp³-hybridized carbons (Fsp3) is 0.444. The van der Waals surface area contributed by atoms with Crippen molar-refractivity contribution >= 4 is 0 Å². The van der Waals surface area contributed by atoms with E-state index in [2.05, 4.69) is 75.7 Å². The van der Waals surface area contributed by atoms with Gasteiger partial charge in [-0.25, -0.2) is 19.3 Å². The van der Waals surface area contributed by atoms with Crippen molar-refractivity contribution in [2.24, 2.45) is 0 Å². The molecule has 160 valence electrons. The van der Waals surface area contributed by atoms with Crippen molar-refractivity contribution in [1.82, 2.24) is 0 Å². The molecule has 0 spiro atoms. The van der Waals surface area contributed by atoms with Crippen molar-refractivity contribution in [2.75, 3.05) is 0 Å². The Balaban J connectivity index is -0.000000345. The van der Waals surface area contributed by atoms with Crippen LogP contribution in [0.2, 0.25) is 0 Å². The molecule has 29 heavy (non-hydrogen) atoms. The summed E-state index contributed by atoms with van der Waals surface area (Å²) in [4.78, 5) is 0. The van der Waals surface area contributed by atoms with Crippen LogP contribution >= 0.6 is 0 Å². The van der Waals surface area contributed by atoms with Crippen LogP contribution in [-0.4, -0.2) is 0 Å². The Morgan fingerprint density at radius 2 is 0.793 bits per heavy atom. The number of unbranched alkanes of at least 4 members (excludes halogenated alkanes) is 4. The minimum absolute atomic E-state index is 0. The van der Waals surface area contributed by atoms with Crippen molar-refractivity contribution in [3.63, 3.8) is 0 Å². The van der Waals surface area contributed by atoms with E-state index in [9.17, 15) is 0 Å². The van der Waals surface area contributed by atoms with Gasteiger partial charge < -0.3 is 13.3 Å². The zero-order chi connectivity index (χ0) is 21.3. The van der Waals surface area contributed by atoms with Crippen molar-refractivity contribution < 1.29 is 39.0 Å². The van der Waals surface area contributed by atoms with Crippen molar-refractivity contribution in [1.29, 1.82) is 0 Å². The molecular weight excluding hydrogens is 526 g/mol. The van der Waals surface area contributed by atoms with Gasteiger partial charge in [-0.1, -0.05) is 76.2 Å². The van der Waals surface area contributed by atoms with E-state index >= 15 is 0 Å². The van der Waals surface area contributed by atoms with E-state index in [0.717, 1.165) is 6.42 Å². The van der Waals surface area contributed by atoms with Gasteiger partial charge in [0, 0.05) is 0 Å². The van der Waals surface area contributed by atoms with Crippen molar-refractivity contribution in [2.45, 2.75) is 82.6 Å². The fourth-order valence-corrected chi connectivity index (χ4v) is 3.05. The van der Waals surface area contributed by atoms with Crippen LogP contribution in [0.5, 0.6) is 0 Å². The van der Waals surface area contributed by atoms with Crippen LogP contribution in [0.4, 0.5) is 0 Å². The third kappa shape index (κ3) is 10.6. The average Bonchev–Trinajstić information content (AvgIpc) is 2.93. The second-order valence-electron chi connectivity index (χ2n) is 7.36. The SMILES string of the molecule is C[C]1[C](C)[C](C)[C](C)[C]1C.C[C]1[C](C)[C](C)[C](C)[C]1C.[CH-][CH][CH][CH][C-]CC.[Ru+2].[Ru+3]. The number of hydrogen-bond donors (Lipinski definition) is 0. The third-order valence-corrected chi connectivity index (χ3v) is 6.15. The van der Waals surface area contributed by atoms with Crippen LogP contribution in [0.3, 0.4) is 0 Å². The summed E-state index contributed by atoms with van der Waals surface area (Å²) < 4.78 is 0. The molecule has 2 heteroatoms. The third-order valence-electron chi connectivity index (χ3n) is 6.15. The Labute approximate surface area is 212 Å². The predicted molar refractivity (Wildman–Crippen MR) is 120 cm³/mol. The first-order valence-corrected chi connectivity index (χ1v) is 9.85. The second-order valence-corrected chi connectivity index (χ2v) is 7.36. The molecule has 0 aromatic rings. The fourth-order valence-electron chi connectivity index (χ4n) is 3.05. The standard InChI is InChI=1S/2C10H15.C7H9.2Ru/c2*1-6-7(2)9(4)10(5)8(6)3;1-3-5-7-6-4-2;;/h2*1-5H3;1,3,5,7H,4H2,2H3;;/q;;-2;+2;+3. The Morgan fingerprint density at radius 3 is 0.931 bits per heavy atom. The quantitative estimate of drug-likeness (QED) is 0.186. The minimum atomic E-state index is 0. The molecule has 0 heterocycles. The maximum absolute atomic E-state index is 5.02. The number of hydrogen-bond acceptors (Lipinski definition) is 0. The molecule has 2 aliphatic carbocycles. The zero-order valence-electron chi connectivity index (χ0n) is 20.2. The van der Waals surface area contributed by atoms with E-state index in [1.54, 1.807) is 12.8 Å². The predicted octanol–water partition coefficient (Wildman–Crippen LogP) is 7.74. The molecule has 0 nitrogen and oxygen atoms in total. The monoisotopic (exact) mass is 567 g/mol. The molecule has 0 saturated heterocycles. The summed E-state index contributed by atoms with van der Waals surface area (Å²) in [5, 5.41) is 0. The van der Waals surface area contributed by atoms with E-state index < -0.39 is 0 Å². The van der Waals surface area contributed by atoms with Gasteiger partial charge in [-0.3, -0.25) is 0 Å². The molecule has 0 aromatic carbocycles. The van der Waals surface area contributed by atoms with Crippen LogP contribution < -0.4 is 0 Å². The summed E-state index contributed by atoms with van der Waals surface area (Å²) in [6.45, 7) is 29.0. The summed E-state index contributed by atoms with van der Waals surface area (Å²) in [5.74, 6) is 14.7. The minimum Gasteiger partial charge on any atom is -0.493 e. The van der Waals surface area contributed by atoms with Crippen LogP contribution in [0, 0.1) is 91.8 Å². The molecule has 0 N–H and O–H groups in total. The van der Waals surface area contributed by atoms with Gasteiger partial charge in [0.25, 0.3) is 0 Å². The Bertz CT molecular complexity index is 246. The Kier molecular flexibility index (Phi) is 21.3. The Hall–Kier alpha value is 1.25. The van der Waals surface area contributed by atoms with Gasteiger partial charge in [0.2, 0.25) is 0 Å². The normalized spacial score (nSPS) is 21.9. The molecular formula is C27H39Ru2+3. The average molecular weight is 566 g/mol. The van der Waals surface area contributed by atoms with E-state index in [0.29, 0.717) is 0 Å². The molecule has 0 bridgehead atoms. The largest absolute Gasteiger partial charge is 3.00 e. The molecule has 0 atom stereocenters. The van der Waals surface area contributed by atoms with Crippen LogP contribution in [0.15, 0.2) is 0 Å². The maximum atomic E-state index is 5.02. The van der Waals surface area contributed by atoms with Crippen molar-refractivity contribution in [3.8, 4) is 0 Å². The van der Waals surface area contributed by atoms with Crippen molar-refractivity contribution in [3.05, 3.63) is 91.8 Å². The smallest absolute Gasteiger partial charge is 0.493 e. The van der Waals surface area contributed by atoms with Gasteiger partial charge in [-0.15, -0.1) is 6.42 Å². The first-order chi connectivity index (χ1) is 12.5. The van der Waals surface area contributed by atoms with Gasteiger partial charge in [0.1, 0.15) is 0 Å². The molecule has 2 aliphatic rings. The van der Waals surface area contributed by atoms with E-state index in [1.165, 1.54) is 65.6 Å². The van der Waals surface area contributed by atoms with Crippen LogP contribution in [-0.2, 0) is 39.0 Å².